The highest BCUT2D eigenvalue weighted by atomic mass is 16.7. The standard InChI is InChI=1S/C11H19NO6/c1-5-9(15)17-7-18-10(16)12(6-8(13)14)11(2,3)4/h5-7H2,1-4H3,(H,13,14). The number of ether oxygens (including phenoxy) is 2. The van der Waals surface area contributed by atoms with Crippen LogP contribution in [0.4, 0.5) is 4.79 Å². The highest BCUT2D eigenvalue weighted by Crippen LogP contribution is 2.14. The fourth-order valence-corrected chi connectivity index (χ4v) is 1.04. The van der Waals surface area contributed by atoms with E-state index in [1.807, 2.05) is 0 Å². The summed E-state index contributed by atoms with van der Waals surface area (Å²) in [5.41, 5.74) is -0.704. The number of carbonyl (C=O) groups excluding carboxylic acids is 2. The van der Waals surface area contributed by atoms with E-state index in [0.717, 1.165) is 4.90 Å². The van der Waals surface area contributed by atoms with E-state index in [-0.39, 0.29) is 6.42 Å². The van der Waals surface area contributed by atoms with Crippen LogP contribution < -0.4 is 0 Å². The predicted octanol–water partition coefficient (Wildman–Crippen LogP) is 1.22. The Morgan fingerprint density at radius 3 is 2.11 bits per heavy atom. The van der Waals surface area contributed by atoms with Crippen molar-refractivity contribution in [3.63, 3.8) is 0 Å². The van der Waals surface area contributed by atoms with Crippen molar-refractivity contribution in [2.24, 2.45) is 0 Å². The summed E-state index contributed by atoms with van der Waals surface area (Å²) in [4.78, 5) is 34.2. The van der Waals surface area contributed by atoms with Gasteiger partial charge in [-0.25, -0.2) is 4.79 Å². The molecule has 0 aliphatic rings. The van der Waals surface area contributed by atoms with Crippen molar-refractivity contribution in [1.82, 2.24) is 4.90 Å². The number of hydrogen-bond donors (Lipinski definition) is 1. The molecule has 0 aliphatic heterocycles. The molecule has 0 heterocycles. The van der Waals surface area contributed by atoms with Crippen LogP contribution in [-0.4, -0.2) is 46.9 Å². The molecule has 7 heteroatoms. The zero-order valence-electron chi connectivity index (χ0n) is 11.1. The maximum atomic E-state index is 11.6. The first kappa shape index (κ1) is 16.2. The molecular weight excluding hydrogens is 242 g/mol. The van der Waals surface area contributed by atoms with Crippen LogP contribution in [0.3, 0.4) is 0 Å². The average molecular weight is 261 g/mol. The van der Waals surface area contributed by atoms with Gasteiger partial charge in [0.05, 0.1) is 0 Å². The number of nitrogens with zero attached hydrogens (tertiary/aromatic N) is 1. The molecule has 0 bridgehead atoms. The van der Waals surface area contributed by atoms with Crippen molar-refractivity contribution >= 4 is 18.0 Å². The van der Waals surface area contributed by atoms with E-state index >= 15 is 0 Å². The molecule has 0 spiro atoms. The summed E-state index contributed by atoms with van der Waals surface area (Å²) in [5, 5.41) is 8.71. The first-order chi connectivity index (χ1) is 8.18. The van der Waals surface area contributed by atoms with E-state index in [1.165, 1.54) is 0 Å². The minimum Gasteiger partial charge on any atom is -0.480 e. The summed E-state index contributed by atoms with van der Waals surface area (Å²) in [7, 11) is 0. The Bertz CT molecular complexity index is 320. The molecule has 0 saturated carbocycles. The van der Waals surface area contributed by atoms with Crippen LogP contribution in [0.2, 0.25) is 0 Å². The van der Waals surface area contributed by atoms with Crippen LogP contribution >= 0.6 is 0 Å². The molecule has 0 unspecified atom stereocenters. The molecule has 18 heavy (non-hydrogen) atoms. The quantitative estimate of drug-likeness (QED) is 0.590. The summed E-state index contributed by atoms with van der Waals surface area (Å²) in [6.07, 6.45) is -0.663. The fraction of sp³-hybridized carbons (Fsp3) is 0.727. The molecule has 1 N–H and O–H groups in total. The lowest BCUT2D eigenvalue weighted by Gasteiger charge is -2.33. The van der Waals surface area contributed by atoms with Gasteiger partial charge in [0.15, 0.2) is 0 Å². The molecule has 104 valence electrons. The molecule has 1 amide bonds. The summed E-state index contributed by atoms with van der Waals surface area (Å²) >= 11 is 0. The fourth-order valence-electron chi connectivity index (χ4n) is 1.04. The van der Waals surface area contributed by atoms with Gasteiger partial charge in [0, 0.05) is 12.0 Å². The van der Waals surface area contributed by atoms with E-state index < -0.39 is 36.9 Å². The number of aliphatic carboxylic acids is 1. The first-order valence-electron chi connectivity index (χ1n) is 5.50. The van der Waals surface area contributed by atoms with Crippen LogP contribution in [0.25, 0.3) is 0 Å². The van der Waals surface area contributed by atoms with Crippen molar-refractivity contribution in [2.45, 2.75) is 39.7 Å². The smallest absolute Gasteiger partial charge is 0.413 e. The van der Waals surface area contributed by atoms with E-state index in [9.17, 15) is 14.4 Å². The highest BCUT2D eigenvalue weighted by molar-refractivity contribution is 5.77. The second kappa shape index (κ2) is 6.83. The Kier molecular flexibility index (Phi) is 6.15. The average Bonchev–Trinajstić information content (AvgIpc) is 2.23. The maximum absolute atomic E-state index is 11.6. The number of amides is 1. The Balaban J connectivity index is 4.40. The predicted molar refractivity (Wildman–Crippen MR) is 61.8 cm³/mol. The normalized spacial score (nSPS) is 10.7. The third-order valence-corrected chi connectivity index (χ3v) is 2.01. The third kappa shape index (κ3) is 6.07. The number of carbonyl (C=O) groups is 3. The molecule has 0 aromatic heterocycles. The first-order valence-corrected chi connectivity index (χ1v) is 5.50. The van der Waals surface area contributed by atoms with Gasteiger partial charge < -0.3 is 14.6 Å². The molecule has 0 aromatic carbocycles. The molecule has 0 atom stereocenters. The van der Waals surface area contributed by atoms with Gasteiger partial charge in [-0.1, -0.05) is 6.92 Å². The van der Waals surface area contributed by atoms with E-state index in [2.05, 4.69) is 9.47 Å². The van der Waals surface area contributed by atoms with E-state index in [1.54, 1.807) is 27.7 Å². The molecule has 0 fully saturated rings. The van der Waals surface area contributed by atoms with Gasteiger partial charge in [0.25, 0.3) is 0 Å². The maximum Gasteiger partial charge on any atom is 0.413 e. The molecule has 0 aromatic rings. The van der Waals surface area contributed by atoms with Gasteiger partial charge >= 0.3 is 18.0 Å². The lowest BCUT2D eigenvalue weighted by atomic mass is 10.1. The molecule has 7 nitrogen and oxygen atoms in total. The van der Waals surface area contributed by atoms with Gasteiger partial charge in [-0.3, -0.25) is 14.5 Å². The monoisotopic (exact) mass is 261 g/mol. The summed E-state index contributed by atoms with van der Waals surface area (Å²) < 4.78 is 9.26. The minimum atomic E-state index is -1.15. The van der Waals surface area contributed by atoms with Gasteiger partial charge in [0.2, 0.25) is 6.79 Å². The third-order valence-electron chi connectivity index (χ3n) is 2.01. The Morgan fingerprint density at radius 1 is 1.17 bits per heavy atom. The zero-order valence-corrected chi connectivity index (χ0v) is 11.1. The van der Waals surface area contributed by atoms with Crippen molar-refractivity contribution in [1.29, 1.82) is 0 Å². The lowest BCUT2D eigenvalue weighted by molar-refractivity contribution is -0.153. The molecule has 0 saturated heterocycles. The largest absolute Gasteiger partial charge is 0.480 e. The Labute approximate surface area is 106 Å². The zero-order chi connectivity index (χ0) is 14.3. The molecular formula is C11H19NO6. The number of rotatable bonds is 5. The van der Waals surface area contributed by atoms with Crippen LogP contribution in [-0.2, 0) is 19.1 Å². The van der Waals surface area contributed by atoms with Crippen LogP contribution in [0, 0.1) is 0 Å². The second-order valence-electron chi connectivity index (χ2n) is 4.55. The number of carboxylic acid groups (broad SMARTS) is 1. The Hall–Kier alpha value is -1.79. The summed E-state index contributed by atoms with van der Waals surface area (Å²) in [5.74, 6) is -1.64. The van der Waals surface area contributed by atoms with Gasteiger partial charge in [0.1, 0.15) is 6.54 Å². The number of esters is 1. The van der Waals surface area contributed by atoms with Crippen molar-refractivity contribution in [3.8, 4) is 0 Å². The SMILES string of the molecule is CCC(=O)OCOC(=O)N(CC(=O)O)C(C)(C)C. The second-order valence-corrected chi connectivity index (χ2v) is 4.55. The van der Waals surface area contributed by atoms with Gasteiger partial charge in [-0.05, 0) is 20.8 Å². The van der Waals surface area contributed by atoms with Crippen LogP contribution in [0.5, 0.6) is 0 Å². The summed E-state index contributed by atoms with van der Waals surface area (Å²) in [6.45, 7) is 5.64. The van der Waals surface area contributed by atoms with Crippen molar-refractivity contribution < 1.29 is 29.0 Å². The van der Waals surface area contributed by atoms with Crippen molar-refractivity contribution in [2.75, 3.05) is 13.3 Å². The van der Waals surface area contributed by atoms with E-state index in [4.69, 9.17) is 5.11 Å². The van der Waals surface area contributed by atoms with Gasteiger partial charge in [-0.2, -0.15) is 0 Å². The Morgan fingerprint density at radius 2 is 1.72 bits per heavy atom. The van der Waals surface area contributed by atoms with E-state index in [0.29, 0.717) is 0 Å². The minimum absolute atomic E-state index is 0.176. The highest BCUT2D eigenvalue weighted by Gasteiger charge is 2.29. The number of carboxylic acids is 1. The molecule has 0 rings (SSSR count). The lowest BCUT2D eigenvalue weighted by Crippen LogP contribution is -2.48. The molecule has 0 radical (unpaired) electrons. The van der Waals surface area contributed by atoms with Crippen LogP contribution in [0.1, 0.15) is 34.1 Å². The summed E-state index contributed by atoms with van der Waals surface area (Å²) in [6, 6.07) is 0. The van der Waals surface area contributed by atoms with Gasteiger partial charge in [-0.15, -0.1) is 0 Å². The topological polar surface area (TPSA) is 93.1 Å². The van der Waals surface area contributed by atoms with Crippen LogP contribution in [0.15, 0.2) is 0 Å². The van der Waals surface area contributed by atoms with Crippen molar-refractivity contribution in [3.05, 3.63) is 0 Å². The number of hydrogen-bond acceptors (Lipinski definition) is 5. The molecule has 0 aliphatic carbocycles.